The molecule has 0 saturated carbocycles. The van der Waals surface area contributed by atoms with E-state index in [-0.39, 0.29) is 17.6 Å². The van der Waals surface area contributed by atoms with E-state index < -0.39 is 23.9 Å². The molecule has 4 aromatic carbocycles. The van der Waals surface area contributed by atoms with Gasteiger partial charge in [0.25, 0.3) is 0 Å². The molecular formula is C33H26N2O5. The highest BCUT2D eigenvalue weighted by atomic mass is 16.5. The van der Waals surface area contributed by atoms with Crippen LogP contribution >= 0.6 is 0 Å². The second-order valence-electron chi connectivity index (χ2n) is 10.3. The fourth-order valence-corrected chi connectivity index (χ4v) is 6.61. The van der Waals surface area contributed by atoms with Crippen molar-refractivity contribution in [3.63, 3.8) is 0 Å². The number of benzene rings is 4. The van der Waals surface area contributed by atoms with Crippen molar-refractivity contribution in [1.82, 2.24) is 0 Å². The van der Waals surface area contributed by atoms with Crippen LogP contribution in [-0.4, -0.2) is 43.9 Å². The molecule has 3 aliphatic rings. The molecule has 2 fully saturated rings. The maximum Gasteiger partial charge on any atom is 0.240 e. The maximum absolute atomic E-state index is 14.4. The van der Waals surface area contributed by atoms with E-state index in [2.05, 4.69) is 0 Å². The number of nitrogens with zero attached hydrogens (tertiary/aromatic N) is 2. The average molecular weight is 531 g/mol. The Balaban J connectivity index is 1.38. The van der Waals surface area contributed by atoms with Crippen molar-refractivity contribution in [2.45, 2.75) is 12.1 Å². The zero-order valence-electron chi connectivity index (χ0n) is 22.0. The highest BCUT2D eigenvalue weighted by molar-refractivity contribution is 6.27. The van der Waals surface area contributed by atoms with Crippen molar-refractivity contribution >= 4 is 45.8 Å². The summed E-state index contributed by atoms with van der Waals surface area (Å²) in [6, 6.07) is 24.7. The zero-order valence-corrected chi connectivity index (χ0v) is 22.0. The van der Waals surface area contributed by atoms with Gasteiger partial charge in [0.2, 0.25) is 11.8 Å². The quantitative estimate of drug-likeness (QED) is 0.263. The fraction of sp³-hybridized carbons (Fsp3) is 0.182. The number of Topliss-reactive ketones (excluding diaryl/α,β-unsaturated/α-hetero) is 1. The number of hydrogen-bond acceptors (Lipinski definition) is 6. The van der Waals surface area contributed by atoms with Crippen molar-refractivity contribution in [3.05, 3.63) is 102 Å². The summed E-state index contributed by atoms with van der Waals surface area (Å²) in [6.45, 7) is 0. The third kappa shape index (κ3) is 3.33. The van der Waals surface area contributed by atoms with Gasteiger partial charge in [0.1, 0.15) is 6.04 Å². The van der Waals surface area contributed by atoms with Crippen LogP contribution in [0.5, 0.6) is 11.5 Å². The van der Waals surface area contributed by atoms with Gasteiger partial charge in [-0.25, -0.2) is 4.90 Å². The number of carbonyl (C=O) groups excluding carboxylic acids is 3. The molecule has 0 unspecified atom stereocenters. The topological polar surface area (TPSA) is 76.2 Å². The predicted octanol–water partition coefficient (Wildman–Crippen LogP) is 5.13. The van der Waals surface area contributed by atoms with Crippen LogP contribution in [0, 0.1) is 11.8 Å². The summed E-state index contributed by atoms with van der Waals surface area (Å²) in [5, 5.41) is 1.75. The normalized spacial score (nSPS) is 22.8. The number of carbonyl (C=O) groups is 3. The summed E-state index contributed by atoms with van der Waals surface area (Å²) < 4.78 is 10.8. The molecule has 2 amide bonds. The highest BCUT2D eigenvalue weighted by Gasteiger charge is 2.64. The lowest BCUT2D eigenvalue weighted by Crippen LogP contribution is -2.48. The largest absolute Gasteiger partial charge is 0.493 e. The molecule has 0 spiro atoms. The Morgan fingerprint density at radius 2 is 1.45 bits per heavy atom. The first-order chi connectivity index (χ1) is 19.5. The van der Waals surface area contributed by atoms with Gasteiger partial charge in [-0.15, -0.1) is 0 Å². The van der Waals surface area contributed by atoms with Crippen LogP contribution in [0.1, 0.15) is 15.9 Å². The molecule has 7 nitrogen and oxygen atoms in total. The smallest absolute Gasteiger partial charge is 0.240 e. The lowest BCUT2D eigenvalue weighted by Gasteiger charge is -2.36. The number of anilines is 2. The number of para-hydroxylation sites is 1. The Kier molecular flexibility index (Phi) is 5.49. The van der Waals surface area contributed by atoms with E-state index in [1.54, 1.807) is 24.3 Å². The van der Waals surface area contributed by atoms with Crippen LogP contribution < -0.4 is 19.3 Å². The van der Waals surface area contributed by atoms with Crippen molar-refractivity contribution in [1.29, 1.82) is 0 Å². The number of ketones is 1. The molecule has 0 aromatic heterocycles. The first kappa shape index (κ1) is 24.2. The molecule has 198 valence electrons. The van der Waals surface area contributed by atoms with E-state index in [0.29, 0.717) is 22.7 Å². The standard InChI is InChI=1S/C33H26N2O5/c1-39-26-17-15-21(18-27(26)40-2)31(36)30-29-28(25-16-14-20-9-4-6-12-23(20)34(25)30)32(37)35(33(29)38)24-13-7-10-19-8-3-5-11-22(19)24/h3-18,25,28-30H,1-2H3/t25-,28-,29-,30+/m1/s1. The Morgan fingerprint density at radius 1 is 0.750 bits per heavy atom. The van der Waals surface area contributed by atoms with E-state index in [4.69, 9.17) is 9.47 Å². The summed E-state index contributed by atoms with van der Waals surface area (Å²) in [4.78, 5) is 46.2. The van der Waals surface area contributed by atoms with E-state index in [1.807, 2.05) is 77.7 Å². The monoisotopic (exact) mass is 530 g/mol. The molecule has 0 N–H and O–H groups in total. The van der Waals surface area contributed by atoms with Crippen molar-refractivity contribution in [2.75, 3.05) is 24.0 Å². The number of hydrogen-bond donors (Lipinski definition) is 0. The number of imide groups is 1. The van der Waals surface area contributed by atoms with Crippen molar-refractivity contribution in [3.8, 4) is 11.5 Å². The zero-order chi connectivity index (χ0) is 27.5. The minimum Gasteiger partial charge on any atom is -0.493 e. The molecule has 4 aromatic rings. The van der Waals surface area contributed by atoms with Gasteiger partial charge in [-0.05, 0) is 41.3 Å². The summed E-state index contributed by atoms with van der Waals surface area (Å²) in [5.74, 6) is -1.52. The molecule has 4 atom stereocenters. The molecule has 7 rings (SSSR count). The molecule has 40 heavy (non-hydrogen) atoms. The Bertz CT molecular complexity index is 1740. The van der Waals surface area contributed by atoms with Gasteiger partial charge in [-0.3, -0.25) is 14.4 Å². The average Bonchev–Trinajstić information content (AvgIpc) is 3.48. The van der Waals surface area contributed by atoms with Gasteiger partial charge in [0, 0.05) is 16.6 Å². The van der Waals surface area contributed by atoms with Crippen molar-refractivity contribution < 1.29 is 23.9 Å². The highest BCUT2D eigenvalue weighted by Crippen LogP contribution is 2.50. The number of methoxy groups -OCH3 is 2. The Morgan fingerprint density at radius 3 is 2.27 bits per heavy atom. The van der Waals surface area contributed by atoms with Gasteiger partial charge in [0.15, 0.2) is 17.3 Å². The van der Waals surface area contributed by atoms with Gasteiger partial charge < -0.3 is 14.4 Å². The molecule has 0 bridgehead atoms. The summed E-state index contributed by atoms with van der Waals surface area (Å²) in [6.07, 6.45) is 3.94. The second kappa shape index (κ2) is 9.09. The van der Waals surface area contributed by atoms with E-state index in [9.17, 15) is 14.4 Å². The van der Waals surface area contributed by atoms with Gasteiger partial charge >= 0.3 is 0 Å². The van der Waals surface area contributed by atoms with Gasteiger partial charge in [0.05, 0.1) is 37.8 Å². The van der Waals surface area contributed by atoms with Crippen molar-refractivity contribution in [2.24, 2.45) is 11.8 Å². The molecule has 0 radical (unpaired) electrons. The van der Waals surface area contributed by atoms with Crippen LogP contribution in [0.3, 0.4) is 0 Å². The summed E-state index contributed by atoms with van der Waals surface area (Å²) in [5.41, 5.74) is 2.71. The lowest BCUT2D eigenvalue weighted by atomic mass is 9.86. The van der Waals surface area contributed by atoms with Gasteiger partial charge in [-0.1, -0.05) is 66.7 Å². The van der Waals surface area contributed by atoms with Crippen LogP contribution in [0.15, 0.2) is 91.0 Å². The van der Waals surface area contributed by atoms with Crippen LogP contribution in [0.4, 0.5) is 11.4 Å². The predicted molar refractivity (Wildman–Crippen MR) is 153 cm³/mol. The van der Waals surface area contributed by atoms with Crippen LogP contribution in [-0.2, 0) is 9.59 Å². The fourth-order valence-electron chi connectivity index (χ4n) is 6.61. The molecular weight excluding hydrogens is 504 g/mol. The Hall–Kier alpha value is -4.91. The number of amides is 2. The molecule has 2 saturated heterocycles. The SMILES string of the molecule is COc1ccc(C(=O)[C@@H]2[C@@H]3C(=O)N(c4cccc5ccccc45)C(=O)[C@@H]3[C@H]3C=Cc4ccccc4N32)cc1OC. The molecule has 3 heterocycles. The van der Waals surface area contributed by atoms with E-state index in [1.165, 1.54) is 19.1 Å². The third-order valence-electron chi connectivity index (χ3n) is 8.36. The summed E-state index contributed by atoms with van der Waals surface area (Å²) >= 11 is 0. The molecule has 3 aliphatic heterocycles. The number of rotatable bonds is 5. The minimum absolute atomic E-state index is 0.246. The third-order valence-corrected chi connectivity index (χ3v) is 8.36. The minimum atomic E-state index is -0.879. The maximum atomic E-state index is 14.4. The molecule has 0 aliphatic carbocycles. The van der Waals surface area contributed by atoms with E-state index in [0.717, 1.165) is 22.0 Å². The Labute approximate surface area is 231 Å². The van der Waals surface area contributed by atoms with Crippen LogP contribution in [0.25, 0.3) is 16.8 Å². The van der Waals surface area contributed by atoms with Crippen LogP contribution in [0.2, 0.25) is 0 Å². The summed E-state index contributed by atoms with van der Waals surface area (Å²) in [7, 11) is 3.05. The molecule has 7 heteroatoms. The second-order valence-corrected chi connectivity index (χ2v) is 10.3. The number of ether oxygens (including phenoxy) is 2. The first-order valence-corrected chi connectivity index (χ1v) is 13.2. The lowest BCUT2D eigenvalue weighted by molar-refractivity contribution is -0.122. The number of fused-ring (bicyclic) bond motifs is 6. The first-order valence-electron chi connectivity index (χ1n) is 13.2. The van der Waals surface area contributed by atoms with E-state index >= 15 is 0 Å². The van der Waals surface area contributed by atoms with Gasteiger partial charge in [-0.2, -0.15) is 0 Å².